The van der Waals surface area contributed by atoms with Crippen molar-refractivity contribution < 1.29 is 5.11 Å². The van der Waals surface area contributed by atoms with Crippen molar-refractivity contribution in [3.05, 3.63) is 61.2 Å². The topological polar surface area (TPSA) is 48.9 Å². The van der Waals surface area contributed by atoms with E-state index in [4.69, 9.17) is 0 Å². The van der Waals surface area contributed by atoms with Crippen LogP contribution in [0.2, 0.25) is 0 Å². The van der Waals surface area contributed by atoms with Gasteiger partial charge in [0, 0.05) is 35.9 Å². The second-order valence-electron chi connectivity index (χ2n) is 4.07. The summed E-state index contributed by atoms with van der Waals surface area (Å²) in [4.78, 5) is 7.13. The van der Waals surface area contributed by atoms with Gasteiger partial charge in [0.2, 0.25) is 0 Å². The van der Waals surface area contributed by atoms with Gasteiger partial charge in [0.1, 0.15) is 5.75 Å². The lowest BCUT2D eigenvalue weighted by molar-refractivity contribution is 0.475. The Morgan fingerprint density at radius 1 is 0.895 bits per heavy atom. The molecule has 0 aliphatic rings. The van der Waals surface area contributed by atoms with Crippen LogP contribution >= 0.6 is 17.0 Å². The first-order valence-electron chi connectivity index (χ1n) is 5.71. The number of aromatic hydroxyl groups is 1. The van der Waals surface area contributed by atoms with Crippen molar-refractivity contribution >= 4 is 17.0 Å². The van der Waals surface area contributed by atoms with Crippen LogP contribution in [0.1, 0.15) is 0 Å². The molecule has 0 aliphatic carbocycles. The van der Waals surface area contributed by atoms with Crippen LogP contribution in [0.15, 0.2) is 61.2 Å². The molecule has 2 N–H and O–H groups in total. The lowest BCUT2D eigenvalue weighted by Gasteiger charge is -2.04. The van der Waals surface area contributed by atoms with Gasteiger partial charge in [-0.1, -0.05) is 12.1 Å². The summed E-state index contributed by atoms with van der Waals surface area (Å²) in [7, 11) is 0. The Kier molecular flexibility index (Phi) is 4.02. The molecule has 4 heteroatoms. The normalized spacial score (nSPS) is 9.89. The molecular weight excluding hydrogens is 304 g/mol. The number of pyridine rings is 1. The summed E-state index contributed by atoms with van der Waals surface area (Å²) in [5, 5.41) is 9.55. The number of H-pyrrole nitrogens is 1. The van der Waals surface area contributed by atoms with Gasteiger partial charge >= 0.3 is 0 Å². The molecule has 96 valence electrons. The van der Waals surface area contributed by atoms with Gasteiger partial charge in [-0.25, -0.2) is 0 Å². The fourth-order valence-corrected chi connectivity index (χ4v) is 2.05. The first-order valence-corrected chi connectivity index (χ1v) is 5.71. The summed E-state index contributed by atoms with van der Waals surface area (Å²) in [6.45, 7) is 0. The number of hydrogen-bond donors (Lipinski definition) is 2. The van der Waals surface area contributed by atoms with Gasteiger partial charge in [-0.3, -0.25) is 4.98 Å². The van der Waals surface area contributed by atoms with Crippen molar-refractivity contribution in [1.29, 1.82) is 0 Å². The summed E-state index contributed by atoms with van der Waals surface area (Å²) in [5.41, 5.74) is 4.26. The number of aromatic nitrogens is 2. The van der Waals surface area contributed by atoms with Crippen LogP contribution in [0.25, 0.3) is 22.3 Å². The van der Waals surface area contributed by atoms with E-state index in [1.165, 1.54) is 0 Å². The van der Waals surface area contributed by atoms with E-state index in [1.807, 2.05) is 36.7 Å². The first-order chi connectivity index (χ1) is 8.84. The van der Waals surface area contributed by atoms with E-state index < -0.39 is 0 Å². The molecule has 1 aromatic carbocycles. The van der Waals surface area contributed by atoms with Crippen LogP contribution in [-0.2, 0) is 0 Å². The number of rotatable bonds is 2. The first kappa shape index (κ1) is 13.4. The molecule has 0 fully saturated rings. The molecule has 19 heavy (non-hydrogen) atoms. The van der Waals surface area contributed by atoms with Crippen LogP contribution in [0, 0.1) is 0 Å². The van der Waals surface area contributed by atoms with Crippen molar-refractivity contribution in [2.45, 2.75) is 0 Å². The number of phenols is 1. The Bertz CT molecular complexity index is 665. The van der Waals surface area contributed by atoms with Gasteiger partial charge in [0.15, 0.2) is 0 Å². The number of hydrogen-bond acceptors (Lipinski definition) is 2. The summed E-state index contributed by atoms with van der Waals surface area (Å²) in [6, 6.07) is 11.2. The zero-order chi connectivity index (χ0) is 12.4. The molecule has 2 heterocycles. The average Bonchev–Trinajstić information content (AvgIpc) is 2.89. The fraction of sp³-hybridized carbons (Fsp3) is 0. The van der Waals surface area contributed by atoms with Gasteiger partial charge < -0.3 is 10.1 Å². The van der Waals surface area contributed by atoms with Crippen LogP contribution in [-0.4, -0.2) is 15.1 Å². The van der Waals surface area contributed by atoms with Crippen molar-refractivity contribution in [2.24, 2.45) is 0 Å². The van der Waals surface area contributed by atoms with Crippen LogP contribution < -0.4 is 0 Å². The van der Waals surface area contributed by atoms with Crippen LogP contribution in [0.5, 0.6) is 5.75 Å². The highest BCUT2D eigenvalue weighted by Gasteiger charge is 2.08. The zero-order valence-electron chi connectivity index (χ0n) is 10.1. The van der Waals surface area contributed by atoms with E-state index in [2.05, 4.69) is 9.97 Å². The third-order valence-corrected chi connectivity index (χ3v) is 2.89. The molecule has 0 atom stereocenters. The SMILES string of the molecule is Br.Oc1cccc(-c2c[nH]cc2-c2ccncc2)c1. The molecular formula is C15H13BrN2O. The van der Waals surface area contributed by atoms with Crippen molar-refractivity contribution in [3.63, 3.8) is 0 Å². The maximum Gasteiger partial charge on any atom is 0.116 e. The molecule has 0 aliphatic heterocycles. The summed E-state index contributed by atoms with van der Waals surface area (Å²) < 4.78 is 0. The number of benzene rings is 1. The molecule has 0 bridgehead atoms. The Hall–Kier alpha value is -2.07. The Labute approximate surface area is 121 Å². The molecule has 0 amide bonds. The minimum Gasteiger partial charge on any atom is -0.508 e. The third-order valence-electron chi connectivity index (χ3n) is 2.89. The van der Waals surface area contributed by atoms with E-state index in [-0.39, 0.29) is 22.7 Å². The largest absolute Gasteiger partial charge is 0.508 e. The number of phenolic OH excluding ortho intramolecular Hbond substituents is 1. The highest BCUT2D eigenvalue weighted by Crippen LogP contribution is 2.32. The molecule has 2 aromatic heterocycles. The van der Waals surface area contributed by atoms with Gasteiger partial charge in [-0.15, -0.1) is 17.0 Å². The summed E-state index contributed by atoms with van der Waals surface area (Å²) in [6.07, 6.45) is 7.43. The standard InChI is InChI=1S/C15H12N2O.BrH/c18-13-3-1-2-12(8-13)15-10-17-9-14(15)11-4-6-16-7-5-11;/h1-10,17-18H;1H. The van der Waals surface area contributed by atoms with E-state index in [9.17, 15) is 5.11 Å². The summed E-state index contributed by atoms with van der Waals surface area (Å²) in [5.74, 6) is 0.273. The fourth-order valence-electron chi connectivity index (χ4n) is 2.05. The Morgan fingerprint density at radius 3 is 2.26 bits per heavy atom. The monoisotopic (exact) mass is 316 g/mol. The number of aromatic amines is 1. The molecule has 0 spiro atoms. The van der Waals surface area contributed by atoms with E-state index in [0.717, 1.165) is 22.3 Å². The van der Waals surface area contributed by atoms with Crippen molar-refractivity contribution in [3.8, 4) is 28.0 Å². The quantitative estimate of drug-likeness (QED) is 0.750. The molecule has 0 saturated carbocycles. The predicted molar refractivity (Wildman–Crippen MR) is 81.4 cm³/mol. The second-order valence-corrected chi connectivity index (χ2v) is 4.07. The molecule has 3 rings (SSSR count). The number of halogens is 1. The second kappa shape index (κ2) is 5.71. The molecule has 3 nitrogen and oxygen atoms in total. The van der Waals surface area contributed by atoms with Crippen molar-refractivity contribution in [2.75, 3.05) is 0 Å². The van der Waals surface area contributed by atoms with Crippen LogP contribution in [0.3, 0.4) is 0 Å². The molecule has 0 unspecified atom stereocenters. The smallest absolute Gasteiger partial charge is 0.116 e. The molecule has 3 aromatic rings. The average molecular weight is 317 g/mol. The van der Waals surface area contributed by atoms with Crippen molar-refractivity contribution in [1.82, 2.24) is 9.97 Å². The molecule has 0 saturated heterocycles. The van der Waals surface area contributed by atoms with Gasteiger partial charge in [0.25, 0.3) is 0 Å². The maximum absolute atomic E-state index is 9.55. The minimum atomic E-state index is 0. The predicted octanol–water partition coefficient (Wildman–Crippen LogP) is 4.03. The minimum absolute atomic E-state index is 0. The summed E-state index contributed by atoms with van der Waals surface area (Å²) >= 11 is 0. The maximum atomic E-state index is 9.55. The third kappa shape index (κ3) is 2.69. The van der Waals surface area contributed by atoms with Gasteiger partial charge in [0.05, 0.1) is 0 Å². The van der Waals surface area contributed by atoms with Crippen LogP contribution in [0.4, 0.5) is 0 Å². The van der Waals surface area contributed by atoms with E-state index in [1.54, 1.807) is 24.5 Å². The Morgan fingerprint density at radius 2 is 1.58 bits per heavy atom. The molecule has 0 radical (unpaired) electrons. The number of nitrogens with zero attached hydrogens (tertiary/aromatic N) is 1. The lowest BCUT2D eigenvalue weighted by Crippen LogP contribution is -1.80. The van der Waals surface area contributed by atoms with E-state index in [0.29, 0.717) is 0 Å². The Balaban J connectivity index is 0.00000133. The number of nitrogens with one attached hydrogen (secondary N) is 1. The van der Waals surface area contributed by atoms with Gasteiger partial charge in [-0.05, 0) is 35.4 Å². The van der Waals surface area contributed by atoms with E-state index >= 15 is 0 Å². The lowest BCUT2D eigenvalue weighted by atomic mass is 10.00. The zero-order valence-corrected chi connectivity index (χ0v) is 11.8. The highest BCUT2D eigenvalue weighted by atomic mass is 79.9. The highest BCUT2D eigenvalue weighted by molar-refractivity contribution is 8.93. The van der Waals surface area contributed by atoms with Gasteiger partial charge in [-0.2, -0.15) is 0 Å².